The quantitative estimate of drug-likeness (QED) is 0.283. The fourth-order valence-corrected chi connectivity index (χ4v) is 4.25. The van der Waals surface area contributed by atoms with Gasteiger partial charge in [-0.15, -0.1) is 0 Å². The maximum atomic E-state index is 14.6. The maximum Gasteiger partial charge on any atom is 0.419 e. The van der Waals surface area contributed by atoms with Crippen molar-refractivity contribution in [2.45, 2.75) is 51.6 Å². The van der Waals surface area contributed by atoms with Gasteiger partial charge in [-0.2, -0.15) is 18.3 Å². The molecular weight excluding hydrogens is 481 g/mol. The molecule has 1 aliphatic rings. The van der Waals surface area contributed by atoms with Crippen LogP contribution in [0.25, 0.3) is 11.3 Å². The molecule has 1 saturated heterocycles. The van der Waals surface area contributed by atoms with E-state index < -0.39 is 23.4 Å². The Hall–Kier alpha value is -3.24. The molecule has 0 spiro atoms. The van der Waals surface area contributed by atoms with Gasteiger partial charge in [0.25, 0.3) is 0 Å². The van der Waals surface area contributed by atoms with Crippen molar-refractivity contribution in [2.24, 2.45) is 5.92 Å². The lowest BCUT2D eigenvalue weighted by atomic mass is 9.92. The predicted octanol–water partition coefficient (Wildman–Crippen LogP) is 6.36. The molecule has 1 fully saturated rings. The van der Waals surface area contributed by atoms with E-state index in [1.165, 1.54) is 12.1 Å². The Balaban J connectivity index is 1.23. The molecule has 0 unspecified atom stereocenters. The first-order valence-corrected chi connectivity index (χ1v) is 11.9. The van der Waals surface area contributed by atoms with E-state index >= 15 is 0 Å². The molecule has 0 amide bonds. The number of benzene rings is 1. The summed E-state index contributed by atoms with van der Waals surface area (Å²) < 4.78 is 72.9. The van der Waals surface area contributed by atoms with Crippen molar-refractivity contribution in [1.82, 2.24) is 20.2 Å². The molecule has 0 radical (unpaired) electrons. The highest BCUT2D eigenvalue weighted by Crippen LogP contribution is 2.31. The van der Waals surface area contributed by atoms with Gasteiger partial charge >= 0.3 is 6.18 Å². The van der Waals surface area contributed by atoms with Crippen LogP contribution in [-0.2, 0) is 6.18 Å². The lowest BCUT2D eigenvalue weighted by Crippen LogP contribution is -2.35. The molecule has 0 atom stereocenters. The molecule has 4 rings (SSSR count). The highest BCUT2D eigenvalue weighted by Gasteiger charge is 2.32. The summed E-state index contributed by atoms with van der Waals surface area (Å²) in [5.41, 5.74) is -0.0404. The summed E-state index contributed by atoms with van der Waals surface area (Å²) in [6.45, 7) is 5.54. The number of nitrogens with one attached hydrogen (secondary N) is 1. The Morgan fingerprint density at radius 3 is 2.25 bits per heavy atom. The highest BCUT2D eigenvalue weighted by molar-refractivity contribution is 5.62. The third kappa shape index (κ3) is 6.11. The van der Waals surface area contributed by atoms with Crippen molar-refractivity contribution in [3.05, 3.63) is 53.5 Å². The number of aromatic nitrogens is 4. The smallest absolute Gasteiger partial charge is 0.419 e. The third-order valence-corrected chi connectivity index (χ3v) is 6.38. The van der Waals surface area contributed by atoms with E-state index in [9.17, 15) is 22.0 Å². The summed E-state index contributed by atoms with van der Waals surface area (Å²) in [6, 6.07) is 3.98. The van der Waals surface area contributed by atoms with Crippen LogP contribution in [0.1, 0.15) is 56.7 Å². The Kier molecular flexibility index (Phi) is 7.75. The molecule has 6 nitrogen and oxygen atoms in total. The molecule has 3 aromatic rings. The van der Waals surface area contributed by atoms with Crippen LogP contribution < -0.4 is 9.64 Å². The van der Waals surface area contributed by atoms with E-state index in [0.717, 1.165) is 37.4 Å². The minimum atomic E-state index is -4.45. The summed E-state index contributed by atoms with van der Waals surface area (Å²) in [4.78, 5) is 9.60. The maximum absolute atomic E-state index is 14.6. The number of rotatable bonds is 8. The number of alkyl halides is 3. The van der Waals surface area contributed by atoms with Crippen molar-refractivity contribution >= 4 is 5.95 Å². The van der Waals surface area contributed by atoms with Gasteiger partial charge in [0.1, 0.15) is 17.4 Å². The van der Waals surface area contributed by atoms with Gasteiger partial charge < -0.3 is 9.64 Å². The van der Waals surface area contributed by atoms with Gasteiger partial charge in [0.2, 0.25) is 5.95 Å². The van der Waals surface area contributed by atoms with E-state index in [1.807, 2.05) is 18.7 Å². The zero-order valence-electron chi connectivity index (χ0n) is 20.1. The third-order valence-electron chi connectivity index (χ3n) is 6.38. The second kappa shape index (κ2) is 10.8. The fourth-order valence-electron chi connectivity index (χ4n) is 4.25. The minimum Gasteiger partial charge on any atom is -0.493 e. The van der Waals surface area contributed by atoms with Crippen LogP contribution in [0.15, 0.2) is 30.6 Å². The number of hydrogen-bond donors (Lipinski definition) is 1. The summed E-state index contributed by atoms with van der Waals surface area (Å²) in [7, 11) is 0. The first-order valence-electron chi connectivity index (χ1n) is 11.9. The number of anilines is 1. The Morgan fingerprint density at radius 2 is 1.69 bits per heavy atom. The predicted molar refractivity (Wildman–Crippen MR) is 125 cm³/mol. The van der Waals surface area contributed by atoms with Gasteiger partial charge in [-0.1, -0.05) is 13.8 Å². The first kappa shape index (κ1) is 25.8. The molecule has 36 heavy (non-hydrogen) atoms. The van der Waals surface area contributed by atoms with Crippen LogP contribution in [0.4, 0.5) is 27.9 Å². The molecular formula is C25H28F5N5O. The number of hydrogen-bond acceptors (Lipinski definition) is 5. The molecule has 0 bridgehead atoms. The molecule has 3 heterocycles. The van der Waals surface area contributed by atoms with Crippen LogP contribution in [0.5, 0.6) is 5.75 Å². The molecule has 1 aliphatic heterocycles. The zero-order chi connectivity index (χ0) is 25.9. The molecule has 1 N–H and O–H groups in total. The number of nitrogens with zero attached hydrogens (tertiary/aromatic N) is 4. The molecule has 11 heteroatoms. The second-order valence-corrected chi connectivity index (χ2v) is 9.32. The van der Waals surface area contributed by atoms with Gasteiger partial charge in [-0.25, -0.2) is 18.7 Å². The Morgan fingerprint density at radius 1 is 1.06 bits per heavy atom. The van der Waals surface area contributed by atoms with E-state index in [0.29, 0.717) is 38.0 Å². The average molecular weight is 510 g/mol. The zero-order valence-corrected chi connectivity index (χ0v) is 20.1. The molecule has 1 aromatic carbocycles. The van der Waals surface area contributed by atoms with Crippen molar-refractivity contribution in [1.29, 1.82) is 0 Å². The summed E-state index contributed by atoms with van der Waals surface area (Å²) in [5.74, 6) is -0.458. The Bertz CT molecular complexity index is 1130. The number of halogens is 5. The summed E-state index contributed by atoms with van der Waals surface area (Å²) in [5, 5.41) is 6.82. The van der Waals surface area contributed by atoms with Crippen molar-refractivity contribution in [3.8, 4) is 17.0 Å². The van der Waals surface area contributed by atoms with Crippen LogP contribution >= 0.6 is 0 Å². The largest absolute Gasteiger partial charge is 0.493 e. The second-order valence-electron chi connectivity index (χ2n) is 9.32. The van der Waals surface area contributed by atoms with Gasteiger partial charge in [-0.3, -0.25) is 5.10 Å². The lowest BCUT2D eigenvalue weighted by Gasteiger charge is -2.32. The Labute approximate surface area is 205 Å². The SMILES string of the molecule is CC(C)c1cc(-c2c(F)cc(OCCCC3CCN(c4ncc(C(F)(F)F)cn4)CC3)cc2F)n[nH]1. The van der Waals surface area contributed by atoms with Crippen LogP contribution in [0.3, 0.4) is 0 Å². The number of aromatic amines is 1. The fraction of sp³-hybridized carbons (Fsp3) is 0.480. The summed E-state index contributed by atoms with van der Waals surface area (Å²) in [6.07, 6.45) is 0.446. The van der Waals surface area contributed by atoms with Crippen LogP contribution in [0.2, 0.25) is 0 Å². The van der Waals surface area contributed by atoms with Gasteiger partial charge in [0.15, 0.2) is 0 Å². The van der Waals surface area contributed by atoms with Gasteiger partial charge in [-0.05, 0) is 43.6 Å². The number of H-pyrrole nitrogens is 1. The average Bonchev–Trinajstić information content (AvgIpc) is 3.31. The minimum absolute atomic E-state index is 0.127. The summed E-state index contributed by atoms with van der Waals surface area (Å²) >= 11 is 0. The van der Waals surface area contributed by atoms with E-state index in [2.05, 4.69) is 20.2 Å². The first-order chi connectivity index (χ1) is 17.1. The van der Waals surface area contributed by atoms with E-state index in [1.54, 1.807) is 6.07 Å². The van der Waals surface area contributed by atoms with Gasteiger partial charge in [0, 0.05) is 43.3 Å². The van der Waals surface area contributed by atoms with E-state index in [4.69, 9.17) is 4.74 Å². The molecule has 0 aliphatic carbocycles. The van der Waals surface area contributed by atoms with Crippen LogP contribution in [0, 0.1) is 17.6 Å². The molecule has 0 saturated carbocycles. The topological polar surface area (TPSA) is 66.9 Å². The number of piperidine rings is 1. The molecule has 194 valence electrons. The van der Waals surface area contributed by atoms with E-state index in [-0.39, 0.29) is 22.9 Å². The van der Waals surface area contributed by atoms with Crippen LogP contribution in [-0.4, -0.2) is 39.9 Å². The van der Waals surface area contributed by atoms with Crippen molar-refractivity contribution in [3.63, 3.8) is 0 Å². The highest BCUT2D eigenvalue weighted by atomic mass is 19.4. The number of ether oxygens (including phenoxy) is 1. The normalized spacial score (nSPS) is 15.1. The standard InChI is InChI=1S/C25H28F5N5O/c1-15(2)21-12-22(34-33-21)23-19(26)10-18(11-20(23)27)36-9-3-4-16-5-7-35(8-6-16)24-31-13-17(14-32-24)25(28,29)30/h10-16H,3-9H2,1-2H3,(H,33,34). The van der Waals surface area contributed by atoms with Crippen molar-refractivity contribution in [2.75, 3.05) is 24.6 Å². The molecule has 2 aromatic heterocycles. The van der Waals surface area contributed by atoms with Gasteiger partial charge in [0.05, 0.1) is 23.4 Å². The lowest BCUT2D eigenvalue weighted by molar-refractivity contribution is -0.138. The van der Waals surface area contributed by atoms with Crippen molar-refractivity contribution < 1.29 is 26.7 Å². The monoisotopic (exact) mass is 509 g/mol.